The Bertz CT molecular complexity index is 535. The topological polar surface area (TPSA) is 37.4 Å². The molecule has 0 aliphatic carbocycles. The molecule has 0 atom stereocenters. The smallest absolute Gasteiger partial charge is 0.385 e. The molecule has 3 heteroatoms. The monoisotopic (exact) mass is 429 g/mol. The van der Waals surface area contributed by atoms with Gasteiger partial charge in [0, 0.05) is 12.1 Å². The molecule has 0 aliphatic heterocycles. The lowest BCUT2D eigenvalue weighted by Crippen LogP contribution is -1.96. The van der Waals surface area contributed by atoms with E-state index < -0.39 is 0 Å². The Morgan fingerprint density at radius 2 is 0.903 bits per heavy atom. The van der Waals surface area contributed by atoms with Gasteiger partial charge in [0.2, 0.25) is 5.39 Å². The summed E-state index contributed by atoms with van der Waals surface area (Å²) in [6.45, 7) is 3.06. The summed E-state index contributed by atoms with van der Waals surface area (Å²) in [5, 5.41) is 8.67. The Morgan fingerprint density at radius 1 is 0.548 bits per heavy atom. The van der Waals surface area contributed by atoms with Crippen molar-refractivity contribution in [2.24, 2.45) is 0 Å². The maximum atomic E-state index is 8.67. The van der Waals surface area contributed by atoms with Gasteiger partial charge in [0.1, 0.15) is 5.75 Å². The number of benzene rings is 1. The molecular weight excluding hydrogens is 380 g/mol. The van der Waals surface area contributed by atoms with Crippen molar-refractivity contribution >= 4 is 5.69 Å². The normalized spacial score (nSPS) is 10.8. The average Bonchev–Trinajstić information content (AvgIpc) is 2.80. The Hall–Kier alpha value is -1.56. The fourth-order valence-electron chi connectivity index (χ4n) is 4.16. The molecule has 0 saturated carbocycles. The molecule has 0 heterocycles. The van der Waals surface area contributed by atoms with Gasteiger partial charge >= 0.3 is 5.69 Å². The van der Waals surface area contributed by atoms with Crippen molar-refractivity contribution in [3.63, 3.8) is 0 Å². The fraction of sp³-hybridized carbons (Fsp3) is 0.786. The van der Waals surface area contributed by atoms with Crippen LogP contribution in [0.3, 0.4) is 0 Å². The second kappa shape index (κ2) is 21.7. The fourth-order valence-corrected chi connectivity index (χ4v) is 4.16. The van der Waals surface area contributed by atoms with Crippen LogP contribution in [0.5, 0.6) is 5.75 Å². The van der Waals surface area contributed by atoms with Crippen LogP contribution in [0.2, 0.25) is 0 Å². The quantitative estimate of drug-likeness (QED) is 0.136. The van der Waals surface area contributed by atoms with E-state index in [0.717, 1.165) is 18.8 Å². The van der Waals surface area contributed by atoms with E-state index in [-0.39, 0.29) is 0 Å². The van der Waals surface area contributed by atoms with Crippen molar-refractivity contribution in [3.8, 4) is 5.75 Å². The molecular formula is C28H49N2O+. The van der Waals surface area contributed by atoms with Crippen molar-refractivity contribution in [1.82, 2.24) is 0 Å². The number of hydrogen-bond donors (Lipinski definition) is 0. The van der Waals surface area contributed by atoms with Crippen molar-refractivity contribution < 1.29 is 4.74 Å². The van der Waals surface area contributed by atoms with Crippen LogP contribution in [0.15, 0.2) is 24.3 Å². The van der Waals surface area contributed by atoms with Crippen LogP contribution < -0.4 is 4.74 Å². The standard InChI is InChI=1S/C28H49N2O/c1-2-3-4-5-6-7-8-9-10-11-12-13-14-15-16-17-18-19-20-21-26-31-28-24-22-27(30-29)23-25-28/h22-25H,2-21,26H2,1H3/q+1. The molecule has 1 aromatic carbocycles. The Kier molecular flexibility index (Phi) is 19.2. The summed E-state index contributed by atoms with van der Waals surface area (Å²) < 4.78 is 5.72. The molecule has 0 spiro atoms. The molecule has 0 unspecified atom stereocenters. The van der Waals surface area contributed by atoms with E-state index in [2.05, 4.69) is 11.9 Å². The number of ether oxygens (including phenoxy) is 1. The van der Waals surface area contributed by atoms with Crippen LogP contribution in [-0.4, -0.2) is 6.61 Å². The van der Waals surface area contributed by atoms with E-state index in [0.29, 0.717) is 5.69 Å². The zero-order chi connectivity index (χ0) is 22.2. The highest BCUT2D eigenvalue weighted by molar-refractivity contribution is 5.46. The summed E-state index contributed by atoms with van der Waals surface area (Å²) in [6, 6.07) is 7.22. The first-order chi connectivity index (χ1) is 15.4. The highest BCUT2D eigenvalue weighted by Crippen LogP contribution is 2.18. The highest BCUT2D eigenvalue weighted by atomic mass is 16.5. The molecule has 0 amide bonds. The molecule has 1 aromatic rings. The van der Waals surface area contributed by atoms with Gasteiger partial charge in [-0.15, -0.1) is 0 Å². The first kappa shape index (κ1) is 27.5. The summed E-state index contributed by atoms with van der Waals surface area (Å²) in [7, 11) is 0. The van der Waals surface area contributed by atoms with Gasteiger partial charge in [-0.05, 0) is 18.6 Å². The first-order valence-corrected chi connectivity index (χ1v) is 13.4. The van der Waals surface area contributed by atoms with E-state index in [4.69, 9.17) is 10.1 Å². The molecule has 0 bridgehead atoms. The minimum atomic E-state index is 0.561. The van der Waals surface area contributed by atoms with Gasteiger partial charge in [0.05, 0.1) is 6.61 Å². The molecule has 0 aromatic heterocycles. The largest absolute Gasteiger partial charge is 0.494 e. The molecule has 31 heavy (non-hydrogen) atoms. The van der Waals surface area contributed by atoms with E-state index in [1.807, 2.05) is 12.1 Å². The molecule has 3 nitrogen and oxygen atoms in total. The Morgan fingerprint density at radius 3 is 1.26 bits per heavy atom. The molecule has 1 rings (SSSR count). The van der Waals surface area contributed by atoms with Crippen LogP contribution >= 0.6 is 0 Å². The summed E-state index contributed by atoms with van der Waals surface area (Å²) in [5.74, 6) is 0.852. The van der Waals surface area contributed by atoms with Crippen LogP contribution in [0.25, 0.3) is 4.98 Å². The van der Waals surface area contributed by atoms with Crippen LogP contribution in [0, 0.1) is 5.39 Å². The molecule has 0 fully saturated rings. The third kappa shape index (κ3) is 17.8. The maximum Gasteiger partial charge on any atom is 0.385 e. The van der Waals surface area contributed by atoms with Crippen molar-refractivity contribution in [2.45, 2.75) is 135 Å². The van der Waals surface area contributed by atoms with Crippen molar-refractivity contribution in [3.05, 3.63) is 29.2 Å². The van der Waals surface area contributed by atoms with Crippen molar-refractivity contribution in [2.75, 3.05) is 6.61 Å². The third-order valence-corrected chi connectivity index (χ3v) is 6.22. The van der Waals surface area contributed by atoms with Gasteiger partial charge in [0.15, 0.2) is 4.98 Å². The van der Waals surface area contributed by atoms with Gasteiger partial charge in [-0.1, -0.05) is 129 Å². The zero-order valence-corrected chi connectivity index (χ0v) is 20.5. The number of nitrogens with zero attached hydrogens (tertiary/aromatic N) is 2. The lowest BCUT2D eigenvalue weighted by molar-refractivity contribution is 0.304. The second-order valence-corrected chi connectivity index (χ2v) is 9.16. The van der Waals surface area contributed by atoms with Gasteiger partial charge in [-0.25, -0.2) is 0 Å². The molecule has 176 valence electrons. The van der Waals surface area contributed by atoms with Gasteiger partial charge < -0.3 is 4.74 Å². The van der Waals surface area contributed by atoms with Crippen LogP contribution in [-0.2, 0) is 0 Å². The number of hydrogen-bond acceptors (Lipinski definition) is 2. The first-order valence-electron chi connectivity index (χ1n) is 13.4. The van der Waals surface area contributed by atoms with Crippen molar-refractivity contribution in [1.29, 1.82) is 5.39 Å². The van der Waals surface area contributed by atoms with Gasteiger partial charge in [-0.2, -0.15) is 0 Å². The SMILES string of the molecule is CCCCCCCCCCCCCCCCCCCCCCOc1ccc([N+]#N)cc1. The molecule has 0 saturated heterocycles. The minimum Gasteiger partial charge on any atom is -0.494 e. The molecule has 0 radical (unpaired) electrons. The van der Waals surface area contributed by atoms with E-state index in [1.54, 1.807) is 12.1 Å². The number of unbranched alkanes of at least 4 members (excludes halogenated alkanes) is 19. The summed E-state index contributed by atoms with van der Waals surface area (Å²) >= 11 is 0. The van der Waals surface area contributed by atoms with Gasteiger partial charge in [-0.3, -0.25) is 0 Å². The summed E-state index contributed by atoms with van der Waals surface area (Å²) in [4.78, 5) is 3.15. The average molecular weight is 430 g/mol. The Labute approximate surface area is 193 Å². The second-order valence-electron chi connectivity index (χ2n) is 9.16. The predicted octanol–water partition coefficient (Wildman–Crippen LogP) is 10.4. The zero-order valence-electron chi connectivity index (χ0n) is 20.5. The van der Waals surface area contributed by atoms with Crippen LogP contribution in [0.1, 0.15) is 135 Å². The number of diazo groups is 1. The third-order valence-electron chi connectivity index (χ3n) is 6.22. The van der Waals surface area contributed by atoms with Crippen LogP contribution in [0.4, 0.5) is 5.69 Å². The maximum absolute atomic E-state index is 8.67. The molecule has 0 N–H and O–H groups in total. The molecule has 0 aliphatic rings. The van der Waals surface area contributed by atoms with E-state index >= 15 is 0 Å². The Balaban J connectivity index is 1.71. The van der Waals surface area contributed by atoms with E-state index in [9.17, 15) is 0 Å². The predicted molar refractivity (Wildman–Crippen MR) is 135 cm³/mol. The lowest BCUT2D eigenvalue weighted by atomic mass is 10.0. The summed E-state index contributed by atoms with van der Waals surface area (Å²) in [6.07, 6.45) is 28.1. The number of rotatable bonds is 22. The minimum absolute atomic E-state index is 0.561. The highest BCUT2D eigenvalue weighted by Gasteiger charge is 2.03. The van der Waals surface area contributed by atoms with E-state index in [1.165, 1.54) is 122 Å². The van der Waals surface area contributed by atoms with Gasteiger partial charge in [0.25, 0.3) is 0 Å². The summed E-state index contributed by atoms with van der Waals surface area (Å²) in [5.41, 5.74) is 0.561. The lowest BCUT2D eigenvalue weighted by Gasteiger charge is -2.05.